The number of hydrogen-bond acceptors (Lipinski definition) is 3. The molecule has 0 aliphatic carbocycles. The summed E-state index contributed by atoms with van der Waals surface area (Å²) < 4.78 is 6.46. The summed E-state index contributed by atoms with van der Waals surface area (Å²) in [4.78, 5) is 0. The van der Waals surface area contributed by atoms with Gasteiger partial charge in [-0.25, -0.2) is 0 Å². The zero-order valence-electron chi connectivity index (χ0n) is 23.0. The van der Waals surface area contributed by atoms with Gasteiger partial charge in [-0.05, 0) is 0 Å². The Kier molecular flexibility index (Phi) is 7.97. The van der Waals surface area contributed by atoms with Crippen LogP contribution in [0.5, 0.6) is 0 Å². The molecule has 2 nitrogen and oxygen atoms in total. The van der Waals surface area contributed by atoms with Gasteiger partial charge in [0, 0.05) is 0 Å². The van der Waals surface area contributed by atoms with Crippen LogP contribution >= 0.6 is 24.4 Å². The van der Waals surface area contributed by atoms with Crippen molar-refractivity contribution in [2.75, 3.05) is 0 Å². The van der Waals surface area contributed by atoms with E-state index in [2.05, 4.69) is 169 Å². The van der Waals surface area contributed by atoms with Crippen molar-refractivity contribution in [2.45, 2.75) is 0 Å². The van der Waals surface area contributed by atoms with Gasteiger partial charge in [-0.1, -0.05) is 0 Å². The van der Waals surface area contributed by atoms with Crippen LogP contribution in [0, 0.1) is 10.7 Å². The zero-order valence-corrected chi connectivity index (χ0v) is 25.6. The monoisotopic (exact) mass is 596 g/mol. The van der Waals surface area contributed by atoms with Gasteiger partial charge in [-0.15, -0.1) is 0 Å². The Balaban J connectivity index is 1.99. The summed E-state index contributed by atoms with van der Waals surface area (Å²) in [5.41, 5.74) is 0. The zero-order chi connectivity index (χ0) is 28.7. The topological polar surface area (TPSA) is 36.1 Å². The summed E-state index contributed by atoms with van der Waals surface area (Å²) in [6, 6.07) is 63.6. The van der Waals surface area contributed by atoms with Crippen molar-refractivity contribution in [3.05, 3.63) is 182 Å². The number of hydrogen-bond donors (Lipinski definition) is 0. The molecule has 0 fully saturated rings. The predicted octanol–water partition coefficient (Wildman–Crippen LogP) is 7.74. The van der Waals surface area contributed by atoms with E-state index in [-0.39, 0.29) is 0 Å². The Morgan fingerprint density at radius 3 is 0.952 bits per heavy atom. The predicted molar refractivity (Wildman–Crippen MR) is 186 cm³/mol. The van der Waals surface area contributed by atoms with Crippen molar-refractivity contribution in [3.63, 3.8) is 0 Å². The van der Waals surface area contributed by atoms with Gasteiger partial charge in [0.2, 0.25) is 0 Å². The molecule has 42 heavy (non-hydrogen) atoms. The molecule has 0 atom stereocenters. The first-order valence-corrected chi connectivity index (χ1v) is 19.2. The fourth-order valence-electron chi connectivity index (χ4n) is 5.76. The van der Waals surface area contributed by atoms with E-state index in [1.807, 2.05) is 18.2 Å². The molecule has 0 saturated heterocycles. The van der Waals surface area contributed by atoms with Crippen LogP contribution in [-0.4, -0.2) is 0 Å². The third-order valence-corrected chi connectivity index (χ3v) is 21.3. The molecule has 0 unspecified atom stereocenters. The SMILES string of the molecule is N#CSP(N=P(c1ccccc1)(c1ccccc1)c1ccccc1)(c1ccccc1)(c1ccccc1)c1ccccc1. The molecular formula is C37H30N2P2S. The Bertz CT molecular complexity index is 1660. The molecule has 204 valence electrons. The van der Waals surface area contributed by atoms with Crippen LogP contribution in [0.25, 0.3) is 0 Å². The Morgan fingerprint density at radius 2 is 0.690 bits per heavy atom. The maximum atomic E-state index is 10.9. The fraction of sp³-hybridized carbons (Fsp3) is 0. The molecule has 6 aromatic carbocycles. The summed E-state index contributed by atoms with van der Waals surface area (Å²) in [5.74, 6) is -3.97. The van der Waals surface area contributed by atoms with Crippen molar-refractivity contribution in [2.24, 2.45) is 4.52 Å². The molecular weight excluding hydrogens is 566 g/mol. The average molecular weight is 597 g/mol. The molecule has 0 spiro atoms. The Hall–Kier alpha value is -4.18. The van der Waals surface area contributed by atoms with E-state index in [0.717, 1.165) is 31.8 Å². The van der Waals surface area contributed by atoms with Gasteiger partial charge >= 0.3 is 253 Å². The van der Waals surface area contributed by atoms with Crippen LogP contribution in [0.1, 0.15) is 0 Å². The van der Waals surface area contributed by atoms with Crippen molar-refractivity contribution in [3.8, 4) is 5.40 Å². The third kappa shape index (κ3) is 4.54. The first kappa shape index (κ1) is 28.0. The van der Waals surface area contributed by atoms with Crippen LogP contribution in [0.3, 0.4) is 0 Å². The Morgan fingerprint density at radius 1 is 0.429 bits per heavy atom. The molecule has 0 aromatic heterocycles. The quantitative estimate of drug-likeness (QED) is 0.133. The number of thiocyanates is 1. The standard InChI is InChI=1S/C37H30N2P2S/c38-31-42-41(35-25-13-4-14-26-35,36-27-15-5-16-28-36,37-29-17-6-18-30-37)39-40(32-19-7-1-8-20-32,33-21-9-2-10-22-33)34-23-11-3-12-24-34/h1-30H. The molecule has 0 aliphatic rings. The summed E-state index contributed by atoms with van der Waals surface area (Å²) in [6.45, 7) is 0. The summed E-state index contributed by atoms with van der Waals surface area (Å²) in [6.07, 6.45) is 0. The van der Waals surface area contributed by atoms with Gasteiger partial charge in [-0.2, -0.15) is 0 Å². The fourth-order valence-corrected chi connectivity index (χ4v) is 20.5. The van der Waals surface area contributed by atoms with Gasteiger partial charge in [0.05, 0.1) is 0 Å². The molecule has 0 amide bonds. The van der Waals surface area contributed by atoms with Crippen molar-refractivity contribution in [1.29, 1.82) is 5.26 Å². The number of rotatable bonds is 8. The van der Waals surface area contributed by atoms with E-state index in [0.29, 0.717) is 0 Å². The number of nitriles is 1. The Labute approximate surface area is 252 Å². The molecule has 0 heterocycles. The van der Waals surface area contributed by atoms with Gasteiger partial charge in [0.1, 0.15) is 0 Å². The molecule has 6 rings (SSSR count). The van der Waals surface area contributed by atoms with Crippen LogP contribution in [-0.2, 0) is 0 Å². The van der Waals surface area contributed by atoms with Crippen LogP contribution in [0.15, 0.2) is 187 Å². The van der Waals surface area contributed by atoms with Gasteiger partial charge in [0.25, 0.3) is 0 Å². The average Bonchev–Trinajstić information content (AvgIpc) is 3.09. The van der Waals surface area contributed by atoms with Crippen molar-refractivity contribution >= 4 is 56.2 Å². The van der Waals surface area contributed by atoms with Crippen LogP contribution in [0.2, 0.25) is 0 Å². The van der Waals surface area contributed by atoms with Crippen molar-refractivity contribution < 1.29 is 0 Å². The van der Waals surface area contributed by atoms with E-state index in [4.69, 9.17) is 4.52 Å². The molecule has 0 N–H and O–H groups in total. The van der Waals surface area contributed by atoms with E-state index in [1.54, 1.807) is 0 Å². The number of benzene rings is 6. The van der Waals surface area contributed by atoms with Gasteiger partial charge < -0.3 is 0 Å². The molecule has 0 bridgehead atoms. The molecule has 6 aromatic rings. The third-order valence-electron chi connectivity index (χ3n) is 7.62. The van der Waals surface area contributed by atoms with E-state index < -0.39 is 13.0 Å². The van der Waals surface area contributed by atoms with Crippen LogP contribution < -0.4 is 31.8 Å². The molecule has 0 saturated carbocycles. The maximum absolute atomic E-state index is 10.9. The second kappa shape index (κ2) is 12.0. The first-order chi connectivity index (χ1) is 20.7. The minimum atomic E-state index is -3.97. The minimum absolute atomic E-state index is 1.06. The van der Waals surface area contributed by atoms with Gasteiger partial charge in [0.15, 0.2) is 0 Å². The summed E-state index contributed by atoms with van der Waals surface area (Å²) in [7, 11) is -2.76. The van der Waals surface area contributed by atoms with Crippen LogP contribution in [0.4, 0.5) is 0 Å². The normalized spacial score (nSPS) is 12.4. The van der Waals surface area contributed by atoms with E-state index in [1.165, 1.54) is 11.4 Å². The van der Waals surface area contributed by atoms with E-state index in [9.17, 15) is 5.26 Å². The first-order valence-electron chi connectivity index (χ1n) is 13.8. The molecule has 0 radical (unpaired) electrons. The number of nitrogens with zero attached hydrogens (tertiary/aromatic N) is 2. The van der Waals surface area contributed by atoms with Gasteiger partial charge in [-0.3, -0.25) is 0 Å². The van der Waals surface area contributed by atoms with E-state index >= 15 is 0 Å². The second-order valence-electron chi connectivity index (χ2n) is 9.91. The summed E-state index contributed by atoms with van der Waals surface area (Å²) >= 11 is 1.34. The molecule has 5 heteroatoms. The summed E-state index contributed by atoms with van der Waals surface area (Å²) in [5, 5.41) is 20.1. The second-order valence-corrected chi connectivity index (χ2v) is 20.0. The van der Waals surface area contributed by atoms with Crippen molar-refractivity contribution in [1.82, 2.24) is 0 Å². The molecule has 0 aliphatic heterocycles.